The second kappa shape index (κ2) is 15.6. The molecule has 0 aliphatic heterocycles. The molecule has 0 nitrogen and oxygen atoms in total. The molecule has 65 heavy (non-hydrogen) atoms. The van der Waals surface area contributed by atoms with Crippen molar-refractivity contribution in [2.24, 2.45) is 11.8 Å². The van der Waals surface area contributed by atoms with E-state index in [-0.39, 0.29) is 17.3 Å². The van der Waals surface area contributed by atoms with Crippen LogP contribution in [0, 0.1) is 11.8 Å². The van der Waals surface area contributed by atoms with E-state index in [2.05, 4.69) is 228 Å². The van der Waals surface area contributed by atoms with E-state index in [9.17, 15) is 0 Å². The average Bonchev–Trinajstić information content (AvgIpc) is 3.56. The molecule has 12 rings (SSSR count). The van der Waals surface area contributed by atoms with Gasteiger partial charge in [-0.2, -0.15) is 0 Å². The number of hydrogen-bond donors (Lipinski definition) is 0. The summed E-state index contributed by atoms with van der Waals surface area (Å²) in [7, 11) is 0. The molecule has 0 heterocycles. The molecule has 0 saturated heterocycles. The molecule has 0 fully saturated rings. The van der Waals surface area contributed by atoms with Crippen molar-refractivity contribution in [3.63, 3.8) is 0 Å². The Morgan fingerprint density at radius 1 is 0.538 bits per heavy atom. The van der Waals surface area contributed by atoms with Crippen molar-refractivity contribution in [1.82, 2.24) is 0 Å². The van der Waals surface area contributed by atoms with Gasteiger partial charge in [-0.15, -0.1) is 0 Å². The average molecular weight is 835 g/mol. The van der Waals surface area contributed by atoms with Crippen LogP contribution in [-0.2, 0) is 5.41 Å². The lowest BCUT2D eigenvalue weighted by molar-refractivity contribution is 0.580. The van der Waals surface area contributed by atoms with Crippen molar-refractivity contribution in [2.75, 3.05) is 0 Å². The van der Waals surface area contributed by atoms with Crippen LogP contribution in [0.4, 0.5) is 0 Å². The predicted octanol–water partition coefficient (Wildman–Crippen LogP) is 17.4. The van der Waals surface area contributed by atoms with Gasteiger partial charge in [0.1, 0.15) is 0 Å². The monoisotopic (exact) mass is 834 g/mol. The highest BCUT2D eigenvalue weighted by Crippen LogP contribution is 2.56. The van der Waals surface area contributed by atoms with Crippen LogP contribution >= 0.6 is 0 Å². The van der Waals surface area contributed by atoms with Crippen molar-refractivity contribution in [3.05, 3.63) is 256 Å². The Hall–Kier alpha value is -7.02. The Morgan fingerprint density at radius 2 is 1.11 bits per heavy atom. The fraction of sp³-hybridized carbons (Fsp3) is 0.169. The standard InChI is InChI=1S/C65H54/c1-41(2)37-42-27-36-59-57(38-42)49-34-33-48(40-60(49)65(59,3)4)64-55-26-16-15-25-54(55)63(56-35-32-47(39-58(56)64)43-17-7-5-8-18-43)46-30-28-45(29-31-46)62-52-23-13-11-21-50(52)61(44-19-9-6-10-20-44)51-22-12-14-24-53(51)62/h5-26,28-35,38-41,58,64H,27,36-37H2,1-4H3. The largest absolute Gasteiger partial charge is 0.0690 e. The van der Waals surface area contributed by atoms with Gasteiger partial charge in [0.05, 0.1) is 0 Å². The first kappa shape index (κ1) is 39.6. The molecule has 0 heteroatoms. The summed E-state index contributed by atoms with van der Waals surface area (Å²) in [6.45, 7) is 9.65. The Labute approximate surface area is 384 Å². The molecule has 0 radical (unpaired) electrons. The fourth-order valence-corrected chi connectivity index (χ4v) is 12.2. The third kappa shape index (κ3) is 6.48. The summed E-state index contributed by atoms with van der Waals surface area (Å²) >= 11 is 0. The van der Waals surface area contributed by atoms with E-state index in [1.54, 1.807) is 11.1 Å². The second-order valence-electron chi connectivity index (χ2n) is 19.7. The summed E-state index contributed by atoms with van der Waals surface area (Å²) in [5, 5.41) is 5.12. The quantitative estimate of drug-likeness (QED) is 0.140. The van der Waals surface area contributed by atoms with Gasteiger partial charge in [-0.25, -0.2) is 0 Å². The van der Waals surface area contributed by atoms with Crippen molar-refractivity contribution >= 4 is 38.3 Å². The highest BCUT2D eigenvalue weighted by Gasteiger charge is 2.41. The molecule has 0 N–H and O–H groups in total. The van der Waals surface area contributed by atoms with Gasteiger partial charge < -0.3 is 0 Å². The fourth-order valence-electron chi connectivity index (χ4n) is 12.2. The smallest absolute Gasteiger partial charge is 0.0200 e. The van der Waals surface area contributed by atoms with E-state index in [1.165, 1.54) is 118 Å². The number of fused-ring (bicyclic) bond motifs is 6. The van der Waals surface area contributed by atoms with Gasteiger partial charge in [0, 0.05) is 17.3 Å². The van der Waals surface area contributed by atoms with E-state index in [1.807, 2.05) is 0 Å². The zero-order valence-electron chi connectivity index (χ0n) is 37.9. The van der Waals surface area contributed by atoms with Crippen LogP contribution in [0.15, 0.2) is 217 Å². The third-order valence-electron chi connectivity index (χ3n) is 15.1. The maximum absolute atomic E-state index is 2.61. The first-order valence-electron chi connectivity index (χ1n) is 23.8. The molecule has 0 bridgehead atoms. The number of hydrogen-bond acceptors (Lipinski definition) is 0. The second-order valence-corrected chi connectivity index (χ2v) is 19.7. The Kier molecular flexibility index (Phi) is 9.50. The van der Waals surface area contributed by atoms with Crippen LogP contribution in [-0.4, -0.2) is 0 Å². The van der Waals surface area contributed by atoms with Crippen molar-refractivity contribution in [3.8, 4) is 22.3 Å². The summed E-state index contributed by atoms with van der Waals surface area (Å²) < 4.78 is 0. The topological polar surface area (TPSA) is 0 Å². The lowest BCUT2D eigenvalue weighted by Crippen LogP contribution is -2.24. The third-order valence-corrected chi connectivity index (χ3v) is 15.1. The minimum atomic E-state index is -0.00365. The van der Waals surface area contributed by atoms with E-state index in [0.29, 0.717) is 5.92 Å². The SMILES string of the molecule is CC(C)CC1=CC2=C(CC1)C(C)(C)c1cc(C3c4ccccc4C(c4ccc(-c5c6ccccc6c(-c6ccccc6)c6ccccc56)cc4)=C4C=CC(c5ccccc5)=CC43)ccc12. The molecule has 2 atom stereocenters. The molecule has 2 unspecified atom stereocenters. The first-order chi connectivity index (χ1) is 31.8. The van der Waals surface area contributed by atoms with Crippen molar-refractivity contribution in [1.29, 1.82) is 0 Å². The molecule has 0 saturated carbocycles. The number of rotatable bonds is 7. The van der Waals surface area contributed by atoms with Crippen LogP contribution in [0.1, 0.15) is 91.8 Å². The minimum absolute atomic E-state index is 0.00365. The van der Waals surface area contributed by atoms with E-state index in [4.69, 9.17) is 0 Å². The molecular weight excluding hydrogens is 781 g/mol. The van der Waals surface area contributed by atoms with Crippen LogP contribution in [0.5, 0.6) is 0 Å². The molecular formula is C65H54. The highest BCUT2D eigenvalue weighted by atomic mass is 14.4. The van der Waals surface area contributed by atoms with Gasteiger partial charge in [0.25, 0.3) is 0 Å². The summed E-state index contributed by atoms with van der Waals surface area (Å²) in [5.41, 5.74) is 23.4. The van der Waals surface area contributed by atoms with Gasteiger partial charge in [-0.3, -0.25) is 0 Å². The van der Waals surface area contributed by atoms with Gasteiger partial charge in [0.15, 0.2) is 0 Å². The Morgan fingerprint density at radius 3 is 1.75 bits per heavy atom. The maximum Gasteiger partial charge on any atom is 0.0200 e. The van der Waals surface area contributed by atoms with Gasteiger partial charge in [-0.1, -0.05) is 239 Å². The van der Waals surface area contributed by atoms with Gasteiger partial charge in [-0.05, 0) is 130 Å². The molecule has 314 valence electrons. The first-order valence-corrected chi connectivity index (χ1v) is 23.8. The lowest BCUT2D eigenvalue weighted by Gasteiger charge is -2.38. The van der Waals surface area contributed by atoms with Crippen molar-refractivity contribution < 1.29 is 0 Å². The molecule has 0 amide bonds. The predicted molar refractivity (Wildman–Crippen MR) is 277 cm³/mol. The minimum Gasteiger partial charge on any atom is -0.0690 e. The van der Waals surface area contributed by atoms with Gasteiger partial charge in [0.2, 0.25) is 0 Å². The van der Waals surface area contributed by atoms with E-state index >= 15 is 0 Å². The summed E-state index contributed by atoms with van der Waals surface area (Å²) in [4.78, 5) is 0. The normalized spacial score (nSPS) is 18.4. The molecule has 8 aromatic carbocycles. The molecule has 8 aromatic rings. The van der Waals surface area contributed by atoms with Crippen LogP contribution in [0.25, 0.3) is 60.5 Å². The summed E-state index contributed by atoms with van der Waals surface area (Å²) in [5.74, 6) is 0.994. The zero-order chi connectivity index (χ0) is 43.8. The van der Waals surface area contributed by atoms with E-state index in [0.717, 1.165) is 6.42 Å². The molecule has 4 aliphatic rings. The van der Waals surface area contributed by atoms with Crippen LogP contribution in [0.3, 0.4) is 0 Å². The Balaban J connectivity index is 1.01. The molecule has 0 spiro atoms. The zero-order valence-corrected chi connectivity index (χ0v) is 37.9. The molecule has 0 aromatic heterocycles. The van der Waals surface area contributed by atoms with Crippen molar-refractivity contribution in [2.45, 2.75) is 58.3 Å². The van der Waals surface area contributed by atoms with Gasteiger partial charge >= 0.3 is 0 Å². The maximum atomic E-state index is 2.61. The lowest BCUT2D eigenvalue weighted by atomic mass is 9.65. The number of benzene rings is 8. The molecule has 4 aliphatic carbocycles. The summed E-state index contributed by atoms with van der Waals surface area (Å²) in [6, 6.07) is 66.1. The van der Waals surface area contributed by atoms with Crippen LogP contribution < -0.4 is 0 Å². The number of allylic oxidation sites excluding steroid dienone is 9. The van der Waals surface area contributed by atoms with E-state index < -0.39 is 0 Å². The summed E-state index contributed by atoms with van der Waals surface area (Å²) in [6.07, 6.45) is 13.5. The van der Waals surface area contributed by atoms with Crippen LogP contribution in [0.2, 0.25) is 0 Å². The highest BCUT2D eigenvalue weighted by molar-refractivity contribution is 6.21. The Bertz CT molecular complexity index is 3300.